The van der Waals surface area contributed by atoms with Gasteiger partial charge in [0.1, 0.15) is 22.9 Å². The molecule has 1 saturated carbocycles. The molecule has 2 heterocycles. The van der Waals surface area contributed by atoms with E-state index in [1.807, 2.05) is 11.0 Å². The number of halogens is 3. The Hall–Kier alpha value is -3.00. The fourth-order valence-electron chi connectivity index (χ4n) is 3.33. The largest absolute Gasteiger partial charge is 0.486 e. The molecule has 1 saturated heterocycles. The van der Waals surface area contributed by atoms with Gasteiger partial charge in [0.25, 0.3) is 0 Å². The van der Waals surface area contributed by atoms with E-state index in [1.165, 1.54) is 17.5 Å². The van der Waals surface area contributed by atoms with E-state index in [2.05, 4.69) is 15.0 Å². The Kier molecular flexibility index (Phi) is 5.67. The van der Waals surface area contributed by atoms with Crippen LogP contribution < -0.4 is 19.7 Å². The Balaban J connectivity index is 1.22. The van der Waals surface area contributed by atoms with Crippen molar-refractivity contribution in [2.45, 2.75) is 31.6 Å². The van der Waals surface area contributed by atoms with E-state index in [4.69, 9.17) is 10.00 Å². The Labute approximate surface area is 174 Å². The number of carbonyl (C=O) groups excluding carboxylic acids is 1. The van der Waals surface area contributed by atoms with Crippen molar-refractivity contribution in [1.82, 2.24) is 10.3 Å². The number of alkyl halides is 2. The highest BCUT2D eigenvalue weighted by molar-refractivity contribution is 7.16. The number of benzene rings is 1. The molecule has 0 atom stereocenters. The molecular weight excluding hydrogens is 421 g/mol. The smallest absolute Gasteiger partial charge is 0.387 e. The zero-order chi connectivity index (χ0) is 21.3. The maximum absolute atomic E-state index is 13.4. The minimum atomic E-state index is -3.05. The summed E-state index contributed by atoms with van der Waals surface area (Å²) in [6.45, 7) is -1.81. The van der Waals surface area contributed by atoms with Crippen LogP contribution in [0.3, 0.4) is 0 Å². The average Bonchev–Trinajstić information content (AvgIpc) is 3.10. The zero-order valence-electron chi connectivity index (χ0n) is 15.6. The number of thiazole rings is 1. The average molecular weight is 438 g/mol. The van der Waals surface area contributed by atoms with Crippen molar-refractivity contribution in [3.8, 4) is 17.6 Å². The summed E-state index contributed by atoms with van der Waals surface area (Å²) in [5, 5.41) is 12.6. The van der Waals surface area contributed by atoms with Crippen LogP contribution >= 0.6 is 11.3 Å². The first-order chi connectivity index (χ1) is 14.4. The lowest BCUT2D eigenvalue weighted by atomic mass is 9.81. The van der Waals surface area contributed by atoms with Gasteiger partial charge < -0.3 is 19.7 Å². The number of carbonyl (C=O) groups is 1. The van der Waals surface area contributed by atoms with Crippen LogP contribution in [0.2, 0.25) is 0 Å². The van der Waals surface area contributed by atoms with Crippen molar-refractivity contribution in [2.24, 2.45) is 5.92 Å². The third-order valence-electron chi connectivity index (χ3n) is 4.98. The molecule has 4 rings (SSSR count). The van der Waals surface area contributed by atoms with Gasteiger partial charge in [0.15, 0.2) is 16.6 Å². The standard InChI is InChI=1S/C19H17F3N4O3S/c20-11-1-2-15(29-18(21)22)16(5-11)28-13-3-10(4-13)17(27)25-12-8-26(9-12)19-24-7-14(6-23)30-19/h1-2,5,7,10,12-13,18H,3-4,8-9H2,(H,25,27). The third-order valence-corrected chi connectivity index (χ3v) is 5.95. The number of amides is 1. The number of rotatable bonds is 7. The molecule has 1 N–H and O–H groups in total. The SMILES string of the molecule is N#Cc1cnc(N2CC(NC(=O)C3CC(Oc4cc(F)ccc4OC(F)F)C3)C2)s1. The van der Waals surface area contributed by atoms with Crippen molar-refractivity contribution in [3.63, 3.8) is 0 Å². The normalized spacial score (nSPS) is 20.8. The van der Waals surface area contributed by atoms with Crippen LogP contribution in [0.15, 0.2) is 24.4 Å². The van der Waals surface area contributed by atoms with Gasteiger partial charge in [0.2, 0.25) is 5.91 Å². The number of nitrogens with one attached hydrogen (secondary N) is 1. The summed E-state index contributed by atoms with van der Waals surface area (Å²) in [4.78, 5) is 19.1. The van der Waals surface area contributed by atoms with Crippen LogP contribution in [0.25, 0.3) is 0 Å². The van der Waals surface area contributed by atoms with Crippen LogP contribution in [-0.4, -0.2) is 42.7 Å². The molecule has 2 aromatic rings. The summed E-state index contributed by atoms with van der Waals surface area (Å²) < 4.78 is 48.3. The van der Waals surface area contributed by atoms with Crippen molar-refractivity contribution in [3.05, 3.63) is 35.1 Å². The van der Waals surface area contributed by atoms with E-state index in [-0.39, 0.29) is 35.5 Å². The van der Waals surface area contributed by atoms with Crippen LogP contribution in [-0.2, 0) is 4.79 Å². The maximum atomic E-state index is 13.4. The van der Waals surface area contributed by atoms with Gasteiger partial charge >= 0.3 is 6.61 Å². The quantitative estimate of drug-likeness (QED) is 0.715. The van der Waals surface area contributed by atoms with E-state index in [0.717, 1.165) is 23.3 Å². The fourth-order valence-corrected chi connectivity index (χ4v) is 4.06. The lowest BCUT2D eigenvalue weighted by Gasteiger charge is -2.41. The van der Waals surface area contributed by atoms with E-state index in [9.17, 15) is 18.0 Å². The van der Waals surface area contributed by atoms with Gasteiger partial charge in [-0.1, -0.05) is 11.3 Å². The predicted octanol–water partition coefficient (Wildman–Crippen LogP) is 2.92. The second-order valence-corrected chi connectivity index (χ2v) is 8.12. The Morgan fingerprint density at radius 1 is 1.33 bits per heavy atom. The van der Waals surface area contributed by atoms with E-state index in [0.29, 0.717) is 30.8 Å². The molecule has 0 spiro atoms. The molecule has 0 unspecified atom stereocenters. The second-order valence-electron chi connectivity index (χ2n) is 7.11. The molecule has 1 amide bonds. The maximum Gasteiger partial charge on any atom is 0.387 e. The molecule has 2 fully saturated rings. The van der Waals surface area contributed by atoms with Gasteiger partial charge in [-0.2, -0.15) is 14.0 Å². The number of aromatic nitrogens is 1. The fraction of sp³-hybridized carbons (Fsp3) is 0.421. The third kappa shape index (κ3) is 4.43. The number of hydrogen-bond donors (Lipinski definition) is 1. The number of nitrogens with zero attached hydrogens (tertiary/aromatic N) is 3. The number of nitriles is 1. The highest BCUT2D eigenvalue weighted by atomic mass is 32.1. The summed E-state index contributed by atoms with van der Waals surface area (Å²) in [5.74, 6) is -1.32. The first-order valence-corrected chi connectivity index (χ1v) is 10.0. The summed E-state index contributed by atoms with van der Waals surface area (Å²) in [6.07, 6.45) is 1.97. The van der Waals surface area contributed by atoms with Crippen molar-refractivity contribution in [2.75, 3.05) is 18.0 Å². The monoisotopic (exact) mass is 438 g/mol. The van der Waals surface area contributed by atoms with Gasteiger partial charge in [0, 0.05) is 25.1 Å². The Bertz CT molecular complexity index is 968. The Morgan fingerprint density at radius 2 is 2.10 bits per heavy atom. The van der Waals surface area contributed by atoms with Gasteiger partial charge in [-0.05, 0) is 25.0 Å². The highest BCUT2D eigenvalue weighted by Gasteiger charge is 2.39. The predicted molar refractivity (Wildman–Crippen MR) is 101 cm³/mol. The summed E-state index contributed by atoms with van der Waals surface area (Å²) in [6, 6.07) is 5.13. The molecule has 2 aliphatic rings. The van der Waals surface area contributed by atoms with Crippen LogP contribution in [0, 0.1) is 23.1 Å². The molecule has 11 heteroatoms. The molecule has 7 nitrogen and oxygen atoms in total. The molecule has 1 aliphatic heterocycles. The van der Waals surface area contributed by atoms with E-state index in [1.54, 1.807) is 0 Å². The van der Waals surface area contributed by atoms with Gasteiger partial charge in [-0.15, -0.1) is 0 Å². The topological polar surface area (TPSA) is 87.5 Å². The zero-order valence-corrected chi connectivity index (χ0v) is 16.4. The van der Waals surface area contributed by atoms with Crippen molar-refractivity contribution in [1.29, 1.82) is 5.26 Å². The second kappa shape index (κ2) is 8.39. The van der Waals surface area contributed by atoms with Crippen LogP contribution in [0.1, 0.15) is 17.7 Å². The van der Waals surface area contributed by atoms with E-state index < -0.39 is 12.4 Å². The Morgan fingerprint density at radius 3 is 2.77 bits per heavy atom. The van der Waals surface area contributed by atoms with Gasteiger partial charge in [-0.25, -0.2) is 9.37 Å². The lowest BCUT2D eigenvalue weighted by Crippen LogP contribution is -2.61. The molecule has 0 bridgehead atoms. The number of anilines is 1. The van der Waals surface area contributed by atoms with Crippen LogP contribution in [0.5, 0.6) is 11.5 Å². The molecule has 1 aliphatic carbocycles. The molecule has 1 aromatic carbocycles. The summed E-state index contributed by atoms with van der Waals surface area (Å²) >= 11 is 1.31. The highest BCUT2D eigenvalue weighted by Crippen LogP contribution is 2.37. The first-order valence-electron chi connectivity index (χ1n) is 9.23. The minimum absolute atomic E-state index is 0.00108. The van der Waals surface area contributed by atoms with Crippen LogP contribution in [0.4, 0.5) is 18.3 Å². The summed E-state index contributed by atoms with van der Waals surface area (Å²) in [5.41, 5.74) is 0. The molecular formula is C19H17F3N4O3S. The molecule has 0 radical (unpaired) electrons. The van der Waals surface area contributed by atoms with Gasteiger partial charge in [0.05, 0.1) is 12.2 Å². The lowest BCUT2D eigenvalue weighted by molar-refractivity contribution is -0.131. The minimum Gasteiger partial charge on any atom is -0.486 e. The van der Waals surface area contributed by atoms with Crippen molar-refractivity contribution < 1.29 is 27.4 Å². The molecule has 158 valence electrons. The number of ether oxygens (including phenoxy) is 2. The first kappa shape index (κ1) is 20.3. The molecule has 30 heavy (non-hydrogen) atoms. The number of hydrogen-bond acceptors (Lipinski definition) is 7. The summed E-state index contributed by atoms with van der Waals surface area (Å²) in [7, 11) is 0. The van der Waals surface area contributed by atoms with E-state index >= 15 is 0 Å². The van der Waals surface area contributed by atoms with Gasteiger partial charge in [-0.3, -0.25) is 4.79 Å². The molecule has 1 aromatic heterocycles. The van der Waals surface area contributed by atoms with Crippen molar-refractivity contribution >= 4 is 22.4 Å².